The van der Waals surface area contributed by atoms with Crippen molar-refractivity contribution in [3.8, 4) is 10.6 Å². The summed E-state index contributed by atoms with van der Waals surface area (Å²) in [6.45, 7) is 4.13. The summed E-state index contributed by atoms with van der Waals surface area (Å²) in [7, 11) is 0. The fourth-order valence-corrected chi connectivity index (χ4v) is 2.71. The molecule has 0 bridgehead atoms. The predicted octanol–water partition coefficient (Wildman–Crippen LogP) is 4.19. The van der Waals surface area contributed by atoms with Crippen molar-refractivity contribution in [2.45, 2.75) is 13.8 Å². The Labute approximate surface area is 95.9 Å². The molecule has 0 spiro atoms. The lowest BCUT2D eigenvalue weighted by Crippen LogP contribution is -1.82. The van der Waals surface area contributed by atoms with Crippen LogP contribution in [0.2, 0.25) is 0 Å². The summed E-state index contributed by atoms with van der Waals surface area (Å²) in [5.74, 6) is 0. The van der Waals surface area contributed by atoms with Crippen molar-refractivity contribution in [3.05, 3.63) is 39.3 Å². The first kappa shape index (κ1) is 9.87. The molecule has 0 aliphatic carbocycles. The molecule has 2 rings (SSSR count). The molecule has 0 N–H and O–H groups in total. The second-order valence-corrected chi connectivity index (χ2v) is 5.03. The van der Waals surface area contributed by atoms with Gasteiger partial charge in [-0.15, -0.1) is 11.3 Å². The number of hydrogen-bond donors (Lipinski definition) is 0. The van der Waals surface area contributed by atoms with E-state index in [1.807, 2.05) is 6.92 Å². The molecule has 0 saturated heterocycles. The highest BCUT2D eigenvalue weighted by Crippen LogP contribution is 2.28. The first-order chi connectivity index (χ1) is 6.66. The molecule has 0 fully saturated rings. The maximum absolute atomic E-state index is 4.47. The van der Waals surface area contributed by atoms with E-state index in [2.05, 4.69) is 51.4 Å². The number of rotatable bonds is 1. The minimum atomic E-state index is 1.09. The Morgan fingerprint density at radius 2 is 2.07 bits per heavy atom. The molecule has 14 heavy (non-hydrogen) atoms. The van der Waals surface area contributed by atoms with E-state index in [0.717, 1.165) is 15.2 Å². The summed E-state index contributed by atoms with van der Waals surface area (Å²) in [5, 5.41) is 3.18. The maximum Gasteiger partial charge on any atom is 0.123 e. The fraction of sp³-hybridized carbons (Fsp3) is 0.182. The van der Waals surface area contributed by atoms with Crippen molar-refractivity contribution in [1.29, 1.82) is 0 Å². The average molecular weight is 268 g/mol. The van der Waals surface area contributed by atoms with Gasteiger partial charge in [0, 0.05) is 21.1 Å². The van der Waals surface area contributed by atoms with E-state index in [9.17, 15) is 0 Å². The summed E-state index contributed by atoms with van der Waals surface area (Å²) in [5.41, 5.74) is 3.58. The van der Waals surface area contributed by atoms with Crippen LogP contribution in [0.4, 0.5) is 0 Å². The highest BCUT2D eigenvalue weighted by atomic mass is 79.9. The van der Waals surface area contributed by atoms with E-state index < -0.39 is 0 Å². The van der Waals surface area contributed by atoms with Gasteiger partial charge in [0.2, 0.25) is 0 Å². The molecule has 0 aliphatic heterocycles. The van der Waals surface area contributed by atoms with Crippen LogP contribution in [0.1, 0.15) is 11.3 Å². The first-order valence-corrected chi connectivity index (χ1v) is 6.03. The summed E-state index contributed by atoms with van der Waals surface area (Å²) in [6, 6.07) is 6.28. The van der Waals surface area contributed by atoms with E-state index in [1.54, 1.807) is 11.3 Å². The topological polar surface area (TPSA) is 12.9 Å². The highest BCUT2D eigenvalue weighted by molar-refractivity contribution is 9.10. The molecule has 0 unspecified atom stereocenters. The van der Waals surface area contributed by atoms with Crippen LogP contribution in [0.25, 0.3) is 10.6 Å². The quantitative estimate of drug-likeness (QED) is 0.755. The summed E-state index contributed by atoms with van der Waals surface area (Å²) >= 11 is 5.15. The smallest absolute Gasteiger partial charge is 0.123 e. The number of aryl methyl sites for hydroxylation is 2. The molecule has 1 heterocycles. The number of thiazole rings is 1. The van der Waals surface area contributed by atoms with Gasteiger partial charge in [-0.25, -0.2) is 4.98 Å². The van der Waals surface area contributed by atoms with Crippen LogP contribution in [-0.4, -0.2) is 4.98 Å². The molecule has 72 valence electrons. The summed E-state index contributed by atoms with van der Waals surface area (Å²) in [4.78, 5) is 4.47. The lowest BCUT2D eigenvalue weighted by Gasteiger charge is -2.01. The van der Waals surface area contributed by atoms with Crippen LogP contribution < -0.4 is 0 Å². The molecule has 0 amide bonds. The standard InChI is InChI=1S/C11H10BrNS/c1-7-5-9(12)3-4-10(7)11-13-8(2)6-14-11/h3-6H,1-2H3. The van der Waals surface area contributed by atoms with E-state index in [-0.39, 0.29) is 0 Å². The molecule has 1 aromatic carbocycles. The first-order valence-electron chi connectivity index (χ1n) is 4.35. The molecule has 1 aromatic heterocycles. The fourth-order valence-electron chi connectivity index (χ4n) is 1.34. The Kier molecular flexibility index (Phi) is 2.70. The van der Waals surface area contributed by atoms with Crippen LogP contribution in [0.3, 0.4) is 0 Å². The molecule has 2 aromatic rings. The molecule has 0 atom stereocenters. The number of benzene rings is 1. The van der Waals surface area contributed by atoms with Gasteiger partial charge in [-0.2, -0.15) is 0 Å². The third-order valence-electron chi connectivity index (χ3n) is 2.04. The predicted molar refractivity (Wildman–Crippen MR) is 64.7 cm³/mol. The molecule has 0 aliphatic rings. The Hall–Kier alpha value is -0.670. The van der Waals surface area contributed by atoms with E-state index in [0.29, 0.717) is 0 Å². The average Bonchev–Trinajstić information content (AvgIpc) is 2.51. The minimum Gasteiger partial charge on any atom is -0.241 e. The lowest BCUT2D eigenvalue weighted by atomic mass is 10.1. The van der Waals surface area contributed by atoms with E-state index >= 15 is 0 Å². The van der Waals surface area contributed by atoms with E-state index in [4.69, 9.17) is 0 Å². The third kappa shape index (κ3) is 1.88. The van der Waals surface area contributed by atoms with Crippen molar-refractivity contribution >= 4 is 27.3 Å². The van der Waals surface area contributed by atoms with Gasteiger partial charge in [-0.3, -0.25) is 0 Å². The number of aromatic nitrogens is 1. The van der Waals surface area contributed by atoms with Gasteiger partial charge in [0.15, 0.2) is 0 Å². The summed E-state index contributed by atoms with van der Waals surface area (Å²) < 4.78 is 1.12. The van der Waals surface area contributed by atoms with Crippen LogP contribution in [0.5, 0.6) is 0 Å². The third-order valence-corrected chi connectivity index (χ3v) is 3.52. The maximum atomic E-state index is 4.47. The molecule has 0 radical (unpaired) electrons. The van der Waals surface area contributed by atoms with Gasteiger partial charge in [0.05, 0.1) is 0 Å². The minimum absolute atomic E-state index is 1.09. The van der Waals surface area contributed by atoms with Crippen LogP contribution in [0.15, 0.2) is 28.1 Å². The van der Waals surface area contributed by atoms with Gasteiger partial charge in [0.1, 0.15) is 5.01 Å². The van der Waals surface area contributed by atoms with Crippen molar-refractivity contribution in [2.24, 2.45) is 0 Å². The normalized spacial score (nSPS) is 10.5. The van der Waals surface area contributed by atoms with Crippen LogP contribution in [0, 0.1) is 13.8 Å². The Balaban J connectivity index is 2.52. The Morgan fingerprint density at radius 1 is 1.29 bits per heavy atom. The van der Waals surface area contributed by atoms with Gasteiger partial charge >= 0.3 is 0 Å². The number of hydrogen-bond acceptors (Lipinski definition) is 2. The second-order valence-electron chi connectivity index (χ2n) is 3.25. The van der Waals surface area contributed by atoms with Crippen molar-refractivity contribution < 1.29 is 0 Å². The lowest BCUT2D eigenvalue weighted by molar-refractivity contribution is 1.26. The van der Waals surface area contributed by atoms with Crippen LogP contribution in [-0.2, 0) is 0 Å². The molecule has 3 heteroatoms. The Bertz CT molecular complexity index is 462. The van der Waals surface area contributed by atoms with E-state index in [1.165, 1.54) is 11.1 Å². The van der Waals surface area contributed by atoms with Crippen molar-refractivity contribution in [1.82, 2.24) is 4.98 Å². The van der Waals surface area contributed by atoms with Crippen LogP contribution >= 0.6 is 27.3 Å². The zero-order chi connectivity index (χ0) is 10.1. The van der Waals surface area contributed by atoms with Crippen molar-refractivity contribution in [2.75, 3.05) is 0 Å². The van der Waals surface area contributed by atoms with Gasteiger partial charge in [-0.05, 0) is 31.5 Å². The second kappa shape index (κ2) is 3.83. The molecular formula is C11H10BrNS. The van der Waals surface area contributed by atoms with Gasteiger partial charge < -0.3 is 0 Å². The largest absolute Gasteiger partial charge is 0.241 e. The number of halogens is 1. The molecular weight excluding hydrogens is 258 g/mol. The zero-order valence-corrected chi connectivity index (χ0v) is 10.4. The monoisotopic (exact) mass is 267 g/mol. The SMILES string of the molecule is Cc1csc(-c2ccc(Br)cc2C)n1. The highest BCUT2D eigenvalue weighted by Gasteiger charge is 2.05. The zero-order valence-electron chi connectivity index (χ0n) is 8.04. The van der Waals surface area contributed by atoms with Gasteiger partial charge in [-0.1, -0.05) is 22.0 Å². The Morgan fingerprint density at radius 3 is 2.64 bits per heavy atom. The molecule has 1 nitrogen and oxygen atoms in total. The number of nitrogens with zero attached hydrogens (tertiary/aromatic N) is 1. The van der Waals surface area contributed by atoms with Gasteiger partial charge in [0.25, 0.3) is 0 Å². The summed E-state index contributed by atoms with van der Waals surface area (Å²) in [6.07, 6.45) is 0. The molecule has 0 saturated carbocycles. The van der Waals surface area contributed by atoms with Crippen molar-refractivity contribution in [3.63, 3.8) is 0 Å².